The highest BCUT2D eigenvalue weighted by Gasteiger charge is 2.56. The fraction of sp³-hybridized carbons (Fsp3) is 0.476. The number of urea groups is 1. The second-order valence-corrected chi connectivity index (χ2v) is 13.4. The zero-order valence-corrected chi connectivity index (χ0v) is 23.1. The molecule has 2 heterocycles. The van der Waals surface area contributed by atoms with Crippen LogP contribution in [-0.4, -0.2) is 64.4 Å². The molecule has 9 nitrogen and oxygen atoms in total. The Morgan fingerprint density at radius 1 is 1.41 bits per heavy atom. The van der Waals surface area contributed by atoms with Crippen LogP contribution >= 0.6 is 39.5 Å². The second kappa shape index (κ2) is 10.6. The molecule has 1 saturated heterocycles. The van der Waals surface area contributed by atoms with Crippen molar-refractivity contribution in [3.8, 4) is 0 Å². The van der Waals surface area contributed by atoms with Crippen molar-refractivity contribution in [2.75, 3.05) is 12.4 Å². The number of ether oxygens (including phenoxy) is 1. The third kappa shape index (κ3) is 5.32. The molecule has 2 N–H and O–H groups in total. The van der Waals surface area contributed by atoms with Gasteiger partial charge in [0, 0.05) is 5.75 Å². The number of carbonyl (C=O) groups excluding carboxylic acids is 2. The minimum Gasteiger partial charge on any atom is -0.466 e. The van der Waals surface area contributed by atoms with E-state index < -0.39 is 31.9 Å². The lowest BCUT2D eigenvalue weighted by atomic mass is 10.0. The molecule has 2 amide bonds. The maximum Gasteiger partial charge on any atom is 0.330 e. The number of nitrogens with one attached hydrogen (secondary N) is 1. The number of rotatable bonds is 8. The van der Waals surface area contributed by atoms with Gasteiger partial charge in [0.05, 0.1) is 32.2 Å². The molecule has 0 radical (unpaired) electrons. The van der Waals surface area contributed by atoms with Crippen LogP contribution in [0.25, 0.3) is 0 Å². The van der Waals surface area contributed by atoms with E-state index in [2.05, 4.69) is 25.6 Å². The average Bonchev–Trinajstić information content (AvgIpc) is 3.07. The number of aryl methyl sites for hydroxylation is 1. The van der Waals surface area contributed by atoms with Gasteiger partial charge in [0.25, 0.3) is 10.0 Å². The minimum atomic E-state index is -4.14. The quantitative estimate of drug-likeness (QED) is 0.347. The van der Waals surface area contributed by atoms with Crippen LogP contribution in [0.1, 0.15) is 32.8 Å². The Morgan fingerprint density at radius 3 is 2.65 bits per heavy atom. The number of hydrogen-bond acceptors (Lipinski definition) is 8. The molecular formula is C21H26BrN3O6S3. The van der Waals surface area contributed by atoms with Gasteiger partial charge in [0.15, 0.2) is 11.6 Å². The summed E-state index contributed by atoms with van der Waals surface area (Å²) in [6.07, 6.45) is 0.138. The van der Waals surface area contributed by atoms with Crippen LogP contribution in [0.5, 0.6) is 0 Å². The lowest BCUT2D eigenvalue weighted by Crippen LogP contribution is -2.61. The fourth-order valence-corrected chi connectivity index (χ4v) is 8.02. The van der Waals surface area contributed by atoms with Crippen molar-refractivity contribution in [3.63, 3.8) is 0 Å². The predicted molar refractivity (Wildman–Crippen MR) is 137 cm³/mol. The second-order valence-electron chi connectivity index (χ2n) is 7.69. The number of benzene rings is 1. The molecule has 1 aromatic rings. The Morgan fingerprint density at radius 2 is 2.06 bits per heavy atom. The zero-order chi connectivity index (χ0) is 25.3. The summed E-state index contributed by atoms with van der Waals surface area (Å²) in [5, 5.41) is 13.5. The van der Waals surface area contributed by atoms with Crippen molar-refractivity contribution in [3.05, 3.63) is 39.8 Å². The van der Waals surface area contributed by atoms with Gasteiger partial charge in [-0.3, -0.25) is 15.0 Å². The Balaban J connectivity index is 2.06. The van der Waals surface area contributed by atoms with Crippen molar-refractivity contribution in [1.82, 2.24) is 10.2 Å². The van der Waals surface area contributed by atoms with E-state index in [0.717, 1.165) is 10.5 Å². The third-order valence-electron chi connectivity index (χ3n) is 5.27. The molecule has 13 heteroatoms. The maximum atomic E-state index is 13.0. The maximum absolute atomic E-state index is 13.0. The summed E-state index contributed by atoms with van der Waals surface area (Å²) in [6, 6.07) is 5.53. The summed E-state index contributed by atoms with van der Waals surface area (Å²) in [7, 11) is -4.14. The molecule has 3 atom stereocenters. The molecule has 3 unspecified atom stereocenters. The minimum absolute atomic E-state index is 0.0173. The SMILES string of the molecule is CCOC(=O)CCSC1=C2C(=NS(=O)(=O)c3ccc(C)cc3)NC(=O)N2C(O)(C(C)Br)C(C)S1. The molecule has 0 aromatic heterocycles. The number of thioether (sulfide) groups is 2. The van der Waals surface area contributed by atoms with Crippen LogP contribution in [-0.2, 0) is 19.6 Å². The number of amidine groups is 1. The van der Waals surface area contributed by atoms with E-state index in [1.54, 1.807) is 32.9 Å². The fourth-order valence-electron chi connectivity index (χ4n) is 3.45. The molecule has 0 aliphatic carbocycles. The summed E-state index contributed by atoms with van der Waals surface area (Å²) in [5.74, 6) is -0.178. The first kappa shape index (κ1) is 27.1. The van der Waals surface area contributed by atoms with Crippen LogP contribution in [0.3, 0.4) is 0 Å². The molecule has 0 saturated carbocycles. The highest BCUT2D eigenvalue weighted by atomic mass is 79.9. The van der Waals surface area contributed by atoms with Gasteiger partial charge in [-0.15, -0.1) is 27.9 Å². The first-order valence-electron chi connectivity index (χ1n) is 10.5. The van der Waals surface area contributed by atoms with E-state index >= 15 is 0 Å². The summed E-state index contributed by atoms with van der Waals surface area (Å²) >= 11 is 5.97. The van der Waals surface area contributed by atoms with E-state index in [1.165, 1.54) is 35.7 Å². The van der Waals surface area contributed by atoms with Gasteiger partial charge in [0.1, 0.15) is 5.70 Å². The number of carbonyl (C=O) groups is 2. The Labute approximate surface area is 216 Å². The number of halogens is 1. The molecule has 0 bridgehead atoms. The van der Waals surface area contributed by atoms with Gasteiger partial charge in [-0.2, -0.15) is 8.42 Å². The Bertz CT molecular complexity index is 1140. The number of aliphatic hydroxyl groups is 1. The highest BCUT2D eigenvalue weighted by Crippen LogP contribution is 2.50. The van der Waals surface area contributed by atoms with Gasteiger partial charge in [-0.1, -0.05) is 33.6 Å². The van der Waals surface area contributed by atoms with Crippen LogP contribution in [0.4, 0.5) is 4.79 Å². The lowest BCUT2D eigenvalue weighted by molar-refractivity contribution is -0.142. The molecule has 2 aliphatic rings. The molecule has 2 aliphatic heterocycles. The molecule has 3 rings (SSSR count). The third-order valence-corrected chi connectivity index (χ3v) is 9.85. The van der Waals surface area contributed by atoms with E-state index in [-0.39, 0.29) is 35.4 Å². The molecule has 1 aromatic carbocycles. The first-order valence-corrected chi connectivity index (χ1v) is 14.7. The van der Waals surface area contributed by atoms with Crippen molar-refractivity contribution < 1.29 is 27.9 Å². The normalized spacial score (nSPS) is 24.8. The van der Waals surface area contributed by atoms with Crippen molar-refractivity contribution in [2.24, 2.45) is 4.40 Å². The monoisotopic (exact) mass is 591 g/mol. The summed E-state index contributed by atoms with van der Waals surface area (Å²) in [6.45, 7) is 7.32. The predicted octanol–water partition coefficient (Wildman–Crippen LogP) is 3.57. The first-order chi connectivity index (χ1) is 15.9. The van der Waals surface area contributed by atoms with Gasteiger partial charge >= 0.3 is 12.0 Å². The number of hydrogen-bond donors (Lipinski definition) is 2. The number of esters is 1. The molecular weight excluding hydrogens is 566 g/mol. The Hall–Kier alpha value is -1.54. The highest BCUT2D eigenvalue weighted by molar-refractivity contribution is 9.09. The van der Waals surface area contributed by atoms with E-state index in [0.29, 0.717) is 9.99 Å². The number of sulfonamides is 1. The smallest absolute Gasteiger partial charge is 0.330 e. The van der Waals surface area contributed by atoms with E-state index in [4.69, 9.17) is 4.74 Å². The number of alkyl halides is 1. The molecule has 186 valence electrons. The van der Waals surface area contributed by atoms with Crippen molar-refractivity contribution >= 4 is 67.3 Å². The molecule has 0 spiro atoms. The number of nitrogens with zero attached hydrogens (tertiary/aromatic N) is 2. The van der Waals surface area contributed by atoms with Gasteiger partial charge in [0.2, 0.25) is 0 Å². The van der Waals surface area contributed by atoms with E-state index in [9.17, 15) is 23.1 Å². The van der Waals surface area contributed by atoms with Crippen LogP contribution in [0.15, 0.2) is 43.5 Å². The Kier molecular flexibility index (Phi) is 8.44. The summed E-state index contributed by atoms with van der Waals surface area (Å²) < 4.78 is 35.5. The summed E-state index contributed by atoms with van der Waals surface area (Å²) in [4.78, 5) is 25.4. The zero-order valence-electron chi connectivity index (χ0n) is 19.1. The number of amides is 2. The molecule has 1 fully saturated rings. The summed E-state index contributed by atoms with van der Waals surface area (Å²) in [5.41, 5.74) is -0.587. The van der Waals surface area contributed by atoms with E-state index in [1.807, 2.05) is 6.92 Å². The lowest BCUT2D eigenvalue weighted by Gasteiger charge is -2.46. The molecule has 34 heavy (non-hydrogen) atoms. The standard InChI is InChI=1S/C21H26BrN3O6S3/c1-5-31-16(26)10-11-32-19-17-18(24-34(29,30)15-8-6-12(2)7-9-15)23-20(27)25(17)21(28,13(3)22)14(4)33-19/h6-9,13-14,28H,5,10-11H2,1-4H3,(H,23,24,27). The van der Waals surface area contributed by atoms with Crippen LogP contribution in [0.2, 0.25) is 0 Å². The van der Waals surface area contributed by atoms with Crippen LogP contribution < -0.4 is 5.32 Å². The average molecular weight is 593 g/mol. The topological polar surface area (TPSA) is 125 Å². The number of fused-ring (bicyclic) bond motifs is 1. The van der Waals surface area contributed by atoms with Crippen molar-refractivity contribution in [1.29, 1.82) is 0 Å². The van der Waals surface area contributed by atoms with Crippen LogP contribution in [0, 0.1) is 6.92 Å². The van der Waals surface area contributed by atoms with Crippen molar-refractivity contribution in [2.45, 2.75) is 54.8 Å². The van der Waals surface area contributed by atoms with Gasteiger partial charge in [-0.05, 0) is 39.8 Å². The van der Waals surface area contributed by atoms with Gasteiger partial charge < -0.3 is 9.84 Å². The van der Waals surface area contributed by atoms with Gasteiger partial charge in [-0.25, -0.2) is 4.79 Å². The largest absolute Gasteiger partial charge is 0.466 e.